The van der Waals surface area contributed by atoms with Crippen LogP contribution in [0.2, 0.25) is 10.0 Å². The lowest BCUT2D eigenvalue weighted by Crippen LogP contribution is -2.25. The molecule has 1 atom stereocenters. The summed E-state index contributed by atoms with van der Waals surface area (Å²) >= 11 is 12.0. The number of nitrogens with zero attached hydrogens (tertiary/aromatic N) is 2. The summed E-state index contributed by atoms with van der Waals surface area (Å²) in [4.78, 5) is 12.3. The van der Waals surface area contributed by atoms with Gasteiger partial charge in [0.1, 0.15) is 11.7 Å². The molecular formula is C14H13Cl2F2N3O. The van der Waals surface area contributed by atoms with E-state index < -0.39 is 18.4 Å². The fraction of sp³-hybridized carbons (Fsp3) is 0.286. The molecule has 1 unspecified atom stereocenters. The number of aromatic nitrogens is 2. The van der Waals surface area contributed by atoms with Crippen molar-refractivity contribution in [3.05, 3.63) is 45.7 Å². The number of para-hydroxylation sites is 1. The summed E-state index contributed by atoms with van der Waals surface area (Å²) in [6.07, 6.45) is -2.69. The van der Waals surface area contributed by atoms with Crippen molar-refractivity contribution in [2.45, 2.75) is 26.3 Å². The van der Waals surface area contributed by atoms with Gasteiger partial charge in [-0.1, -0.05) is 29.3 Å². The van der Waals surface area contributed by atoms with Crippen LogP contribution in [0.3, 0.4) is 0 Å². The zero-order valence-electron chi connectivity index (χ0n) is 11.8. The maximum absolute atomic E-state index is 12.7. The molecule has 118 valence electrons. The number of halogens is 4. The lowest BCUT2D eigenvalue weighted by atomic mass is 10.2. The maximum atomic E-state index is 12.7. The van der Waals surface area contributed by atoms with Crippen LogP contribution in [0, 0.1) is 6.92 Å². The van der Waals surface area contributed by atoms with Crippen LogP contribution in [0.15, 0.2) is 24.3 Å². The van der Waals surface area contributed by atoms with Crippen molar-refractivity contribution in [1.29, 1.82) is 0 Å². The van der Waals surface area contributed by atoms with Gasteiger partial charge in [-0.25, -0.2) is 8.78 Å². The van der Waals surface area contributed by atoms with Crippen LogP contribution >= 0.6 is 23.2 Å². The monoisotopic (exact) mass is 347 g/mol. The van der Waals surface area contributed by atoms with Crippen molar-refractivity contribution in [1.82, 2.24) is 9.78 Å². The number of carbonyl (C=O) groups excluding carboxylic acids is 1. The number of alkyl halides is 2. The Balaban J connectivity index is 2.23. The highest BCUT2D eigenvalue weighted by atomic mass is 35.5. The van der Waals surface area contributed by atoms with Crippen LogP contribution in [0.5, 0.6) is 0 Å². The highest BCUT2D eigenvalue weighted by Gasteiger charge is 2.22. The van der Waals surface area contributed by atoms with Crippen LogP contribution in [0.4, 0.5) is 14.5 Å². The minimum atomic E-state index is -2.69. The van der Waals surface area contributed by atoms with Crippen LogP contribution in [0.1, 0.15) is 30.8 Å². The summed E-state index contributed by atoms with van der Waals surface area (Å²) in [5.41, 5.74) is 0.373. The molecule has 0 saturated heterocycles. The molecule has 0 fully saturated rings. The fourth-order valence-electron chi connectivity index (χ4n) is 1.97. The van der Waals surface area contributed by atoms with Crippen molar-refractivity contribution >= 4 is 34.8 Å². The van der Waals surface area contributed by atoms with E-state index in [9.17, 15) is 13.6 Å². The van der Waals surface area contributed by atoms with E-state index in [1.54, 1.807) is 32.0 Å². The standard InChI is InChI=1S/C14H13Cl2F2N3O/c1-7-6-11(13(17)18)20-21(7)8(2)14(22)19-12-9(15)4-3-5-10(12)16/h3-6,8,13H,1-2H3,(H,19,22). The third-order valence-corrected chi connectivity index (χ3v) is 3.75. The SMILES string of the molecule is Cc1cc(C(F)F)nn1C(C)C(=O)Nc1c(Cl)cccc1Cl. The quantitative estimate of drug-likeness (QED) is 0.875. The number of hydrogen-bond acceptors (Lipinski definition) is 2. The average molecular weight is 348 g/mol. The summed E-state index contributed by atoms with van der Waals surface area (Å²) in [6.45, 7) is 3.15. The number of amides is 1. The number of anilines is 1. The normalized spacial score (nSPS) is 12.5. The molecule has 1 amide bonds. The van der Waals surface area contributed by atoms with Crippen molar-refractivity contribution in [3.8, 4) is 0 Å². The van der Waals surface area contributed by atoms with Gasteiger partial charge in [0.2, 0.25) is 5.91 Å². The lowest BCUT2D eigenvalue weighted by Gasteiger charge is -2.16. The van der Waals surface area contributed by atoms with Gasteiger partial charge in [-0.05, 0) is 32.0 Å². The Morgan fingerprint density at radius 3 is 2.41 bits per heavy atom. The van der Waals surface area contributed by atoms with Crippen LogP contribution in [0.25, 0.3) is 0 Å². The van der Waals surface area contributed by atoms with Crippen LogP contribution in [-0.4, -0.2) is 15.7 Å². The lowest BCUT2D eigenvalue weighted by molar-refractivity contribution is -0.119. The summed E-state index contributed by atoms with van der Waals surface area (Å²) in [5.74, 6) is -0.456. The first kappa shape index (κ1) is 16.7. The highest BCUT2D eigenvalue weighted by molar-refractivity contribution is 6.39. The van der Waals surface area contributed by atoms with E-state index in [0.717, 1.165) is 0 Å². The second kappa shape index (κ2) is 6.62. The van der Waals surface area contributed by atoms with Crippen molar-refractivity contribution < 1.29 is 13.6 Å². The van der Waals surface area contributed by atoms with E-state index in [1.165, 1.54) is 10.7 Å². The van der Waals surface area contributed by atoms with Gasteiger partial charge in [-0.15, -0.1) is 0 Å². The van der Waals surface area contributed by atoms with E-state index in [-0.39, 0.29) is 11.4 Å². The molecule has 0 radical (unpaired) electrons. The molecular weight excluding hydrogens is 335 g/mol. The Kier molecular flexibility index (Phi) is 5.03. The number of rotatable bonds is 4. The number of aryl methyl sites for hydroxylation is 1. The summed E-state index contributed by atoms with van der Waals surface area (Å²) < 4.78 is 26.6. The predicted octanol–water partition coefficient (Wildman–Crippen LogP) is 4.64. The Bertz CT molecular complexity index is 683. The third-order valence-electron chi connectivity index (χ3n) is 3.12. The smallest absolute Gasteiger partial charge is 0.282 e. The molecule has 0 aliphatic rings. The molecule has 0 bridgehead atoms. The summed E-state index contributed by atoms with van der Waals surface area (Å²) in [6, 6.07) is 5.27. The van der Waals surface area contributed by atoms with Crippen molar-refractivity contribution in [2.75, 3.05) is 5.32 Å². The van der Waals surface area contributed by atoms with Crippen LogP contribution in [-0.2, 0) is 4.79 Å². The second-order valence-electron chi connectivity index (χ2n) is 4.72. The van der Waals surface area contributed by atoms with E-state index in [2.05, 4.69) is 10.4 Å². The zero-order chi connectivity index (χ0) is 16.4. The topological polar surface area (TPSA) is 46.9 Å². The molecule has 1 aromatic heterocycles. The molecule has 0 aliphatic carbocycles. The molecule has 0 saturated carbocycles. The van der Waals surface area contributed by atoms with Gasteiger partial charge < -0.3 is 5.32 Å². The second-order valence-corrected chi connectivity index (χ2v) is 5.53. The van der Waals surface area contributed by atoms with E-state index >= 15 is 0 Å². The molecule has 0 spiro atoms. The van der Waals surface area contributed by atoms with Gasteiger partial charge in [-0.2, -0.15) is 5.10 Å². The summed E-state index contributed by atoms with van der Waals surface area (Å²) in [7, 11) is 0. The van der Waals surface area contributed by atoms with Gasteiger partial charge in [0, 0.05) is 5.69 Å². The van der Waals surface area contributed by atoms with E-state index in [0.29, 0.717) is 15.7 Å². The molecule has 1 N–H and O–H groups in total. The fourth-order valence-corrected chi connectivity index (χ4v) is 2.46. The minimum absolute atomic E-state index is 0.279. The van der Waals surface area contributed by atoms with Gasteiger partial charge in [0.25, 0.3) is 6.43 Å². The van der Waals surface area contributed by atoms with E-state index in [1.807, 2.05) is 0 Å². The molecule has 0 aliphatic heterocycles. The molecule has 1 aromatic carbocycles. The Labute approximate surface area is 136 Å². The molecule has 1 heterocycles. The number of carbonyl (C=O) groups is 1. The first-order chi connectivity index (χ1) is 10.3. The number of benzene rings is 1. The molecule has 2 rings (SSSR count). The van der Waals surface area contributed by atoms with Crippen LogP contribution < -0.4 is 5.32 Å². The average Bonchev–Trinajstić information content (AvgIpc) is 2.84. The highest BCUT2D eigenvalue weighted by Crippen LogP contribution is 2.30. The minimum Gasteiger partial charge on any atom is -0.322 e. The van der Waals surface area contributed by atoms with Crippen molar-refractivity contribution in [2.24, 2.45) is 0 Å². The Hall–Kier alpha value is -1.66. The van der Waals surface area contributed by atoms with E-state index in [4.69, 9.17) is 23.2 Å². The first-order valence-corrected chi connectivity index (χ1v) is 7.16. The third kappa shape index (κ3) is 3.39. The Morgan fingerprint density at radius 2 is 1.91 bits per heavy atom. The number of nitrogens with one attached hydrogen (secondary N) is 1. The number of hydrogen-bond donors (Lipinski definition) is 1. The molecule has 22 heavy (non-hydrogen) atoms. The maximum Gasteiger partial charge on any atom is 0.282 e. The molecule has 2 aromatic rings. The largest absolute Gasteiger partial charge is 0.322 e. The molecule has 4 nitrogen and oxygen atoms in total. The Morgan fingerprint density at radius 1 is 1.32 bits per heavy atom. The van der Waals surface area contributed by atoms with Gasteiger partial charge in [0.15, 0.2) is 0 Å². The predicted molar refractivity (Wildman–Crippen MR) is 81.7 cm³/mol. The molecule has 8 heteroatoms. The first-order valence-electron chi connectivity index (χ1n) is 6.40. The van der Waals surface area contributed by atoms with Gasteiger partial charge >= 0.3 is 0 Å². The van der Waals surface area contributed by atoms with Crippen molar-refractivity contribution in [3.63, 3.8) is 0 Å². The zero-order valence-corrected chi connectivity index (χ0v) is 13.3. The van der Waals surface area contributed by atoms with Gasteiger partial charge in [0.05, 0.1) is 15.7 Å². The summed E-state index contributed by atoms with van der Waals surface area (Å²) in [5, 5.41) is 6.93. The van der Waals surface area contributed by atoms with Gasteiger partial charge in [-0.3, -0.25) is 9.48 Å².